The first kappa shape index (κ1) is 21.0. The molecule has 1 aliphatic heterocycles. The summed E-state index contributed by atoms with van der Waals surface area (Å²) in [6, 6.07) is 7.70. The Morgan fingerprint density at radius 3 is 2.58 bits per heavy atom. The van der Waals surface area contributed by atoms with Gasteiger partial charge in [-0.05, 0) is 50.6 Å². The lowest BCUT2D eigenvalue weighted by Gasteiger charge is -2.20. The summed E-state index contributed by atoms with van der Waals surface area (Å²) in [5.74, 6) is -0.339. The van der Waals surface area contributed by atoms with Gasteiger partial charge in [-0.25, -0.2) is 9.50 Å². The molecule has 1 unspecified atom stereocenters. The number of halogens is 3. The van der Waals surface area contributed by atoms with Gasteiger partial charge in [0.25, 0.3) is 0 Å². The van der Waals surface area contributed by atoms with Crippen molar-refractivity contribution in [2.75, 3.05) is 18.0 Å². The van der Waals surface area contributed by atoms with Crippen molar-refractivity contribution in [3.63, 3.8) is 0 Å². The van der Waals surface area contributed by atoms with Gasteiger partial charge in [0.1, 0.15) is 5.75 Å². The second kappa shape index (κ2) is 7.75. The maximum Gasteiger partial charge on any atom is 0.573 e. The summed E-state index contributed by atoms with van der Waals surface area (Å²) < 4.78 is 43.0. The summed E-state index contributed by atoms with van der Waals surface area (Å²) in [6.07, 6.45) is -3.90. The van der Waals surface area contributed by atoms with Crippen molar-refractivity contribution in [2.45, 2.75) is 39.6 Å². The fourth-order valence-electron chi connectivity index (χ4n) is 3.99. The SMILES string of the molecule is CC(=O)NC1CCN(c2cc(C)nn3c(-c4ccc(OC(F)(F)F)cc4)c(C)nc23)C1. The summed E-state index contributed by atoms with van der Waals surface area (Å²) in [5, 5.41) is 7.55. The maximum atomic E-state index is 12.4. The fraction of sp³-hybridized carbons (Fsp3) is 0.381. The van der Waals surface area contributed by atoms with E-state index in [0.717, 1.165) is 24.3 Å². The van der Waals surface area contributed by atoms with Crippen LogP contribution in [0.3, 0.4) is 0 Å². The molecule has 1 atom stereocenters. The zero-order valence-electron chi connectivity index (χ0n) is 17.3. The van der Waals surface area contributed by atoms with E-state index in [1.807, 2.05) is 19.9 Å². The summed E-state index contributed by atoms with van der Waals surface area (Å²) in [6.45, 7) is 6.67. The topological polar surface area (TPSA) is 71.8 Å². The number of imidazole rings is 1. The number of aromatic nitrogens is 3. The molecule has 0 bridgehead atoms. The van der Waals surface area contributed by atoms with E-state index in [4.69, 9.17) is 4.98 Å². The van der Waals surface area contributed by atoms with Crippen molar-refractivity contribution in [1.82, 2.24) is 19.9 Å². The molecule has 1 N–H and O–H groups in total. The van der Waals surface area contributed by atoms with E-state index >= 15 is 0 Å². The van der Waals surface area contributed by atoms with E-state index < -0.39 is 6.36 Å². The van der Waals surface area contributed by atoms with Gasteiger partial charge in [0.15, 0.2) is 5.65 Å². The average molecular weight is 433 g/mol. The number of benzene rings is 1. The first-order valence-electron chi connectivity index (χ1n) is 9.86. The third kappa shape index (κ3) is 4.42. The number of fused-ring (bicyclic) bond motifs is 1. The number of anilines is 1. The average Bonchev–Trinajstić information content (AvgIpc) is 3.24. The number of alkyl halides is 3. The molecule has 3 heterocycles. The summed E-state index contributed by atoms with van der Waals surface area (Å²) >= 11 is 0. The lowest BCUT2D eigenvalue weighted by Crippen LogP contribution is -2.35. The first-order chi connectivity index (χ1) is 14.6. The quantitative estimate of drug-likeness (QED) is 0.681. The van der Waals surface area contributed by atoms with E-state index in [1.165, 1.54) is 19.1 Å². The minimum Gasteiger partial charge on any atom is -0.406 e. The molecular weight excluding hydrogens is 411 g/mol. The standard InChI is InChI=1S/C21H22F3N5O2/c1-12-10-18(28-9-8-16(11-28)26-14(3)30)20-25-13(2)19(29(20)27-12)15-4-6-17(7-5-15)31-21(22,23)24/h4-7,10,16H,8-9,11H2,1-3H3,(H,26,30). The molecule has 1 amide bonds. The number of aryl methyl sites for hydroxylation is 2. The molecule has 1 aliphatic rings. The highest BCUT2D eigenvalue weighted by atomic mass is 19.4. The molecule has 10 heteroatoms. The summed E-state index contributed by atoms with van der Waals surface area (Å²) in [5.41, 5.74) is 4.45. The first-order valence-corrected chi connectivity index (χ1v) is 9.86. The van der Waals surface area contributed by atoms with Crippen LogP contribution >= 0.6 is 0 Å². The minimum absolute atomic E-state index is 0.0557. The Morgan fingerprint density at radius 2 is 1.94 bits per heavy atom. The van der Waals surface area contributed by atoms with Crippen LogP contribution in [0.25, 0.3) is 16.9 Å². The number of carbonyl (C=O) groups is 1. The van der Waals surface area contributed by atoms with Gasteiger partial charge in [-0.1, -0.05) is 0 Å². The zero-order valence-corrected chi connectivity index (χ0v) is 17.3. The molecule has 0 aliphatic carbocycles. The molecule has 1 fully saturated rings. The number of ether oxygens (including phenoxy) is 1. The molecule has 164 valence electrons. The van der Waals surface area contributed by atoms with Crippen molar-refractivity contribution in [3.05, 3.63) is 41.7 Å². The number of rotatable bonds is 4. The van der Waals surface area contributed by atoms with Crippen LogP contribution in [0.5, 0.6) is 5.75 Å². The van der Waals surface area contributed by atoms with Gasteiger partial charge >= 0.3 is 6.36 Å². The predicted octanol–water partition coefficient (Wildman–Crippen LogP) is 3.63. The Kier molecular flexibility index (Phi) is 5.24. The highest BCUT2D eigenvalue weighted by molar-refractivity contribution is 5.77. The van der Waals surface area contributed by atoms with Crippen molar-refractivity contribution in [2.24, 2.45) is 0 Å². The van der Waals surface area contributed by atoms with Gasteiger partial charge in [0.2, 0.25) is 5.91 Å². The van der Waals surface area contributed by atoms with Crippen LogP contribution in [-0.2, 0) is 4.79 Å². The monoisotopic (exact) mass is 433 g/mol. The molecule has 1 aromatic carbocycles. The largest absolute Gasteiger partial charge is 0.573 e. The molecule has 3 aromatic rings. The van der Waals surface area contributed by atoms with Crippen LogP contribution in [0, 0.1) is 13.8 Å². The predicted molar refractivity (Wildman–Crippen MR) is 109 cm³/mol. The number of amides is 1. The van der Waals surface area contributed by atoms with E-state index in [1.54, 1.807) is 16.6 Å². The second-order valence-electron chi connectivity index (χ2n) is 7.66. The van der Waals surface area contributed by atoms with Crippen molar-refractivity contribution < 1.29 is 22.7 Å². The third-order valence-corrected chi connectivity index (χ3v) is 5.16. The Hall–Kier alpha value is -3.30. The molecule has 4 rings (SSSR count). The minimum atomic E-state index is -4.74. The molecule has 7 nitrogen and oxygen atoms in total. The van der Waals surface area contributed by atoms with Gasteiger partial charge in [-0.15, -0.1) is 13.2 Å². The van der Waals surface area contributed by atoms with Gasteiger partial charge in [-0.3, -0.25) is 4.79 Å². The lowest BCUT2D eigenvalue weighted by atomic mass is 10.1. The number of nitrogens with one attached hydrogen (secondary N) is 1. The number of hydrogen-bond donors (Lipinski definition) is 1. The molecular formula is C21H22F3N5O2. The normalized spacial score (nSPS) is 16.7. The molecule has 0 saturated carbocycles. The molecule has 1 saturated heterocycles. The Labute approximate surface area is 176 Å². The zero-order chi connectivity index (χ0) is 22.3. The van der Waals surface area contributed by atoms with E-state index in [2.05, 4.69) is 20.1 Å². The summed E-state index contributed by atoms with van der Waals surface area (Å²) in [4.78, 5) is 18.3. The van der Waals surface area contributed by atoms with Gasteiger partial charge < -0.3 is 15.0 Å². The van der Waals surface area contributed by atoms with Crippen LogP contribution in [0.15, 0.2) is 30.3 Å². The third-order valence-electron chi connectivity index (χ3n) is 5.16. The van der Waals surface area contributed by atoms with Crippen LogP contribution in [0.4, 0.5) is 18.9 Å². The van der Waals surface area contributed by atoms with E-state index in [-0.39, 0.29) is 17.7 Å². The smallest absolute Gasteiger partial charge is 0.406 e. The highest BCUT2D eigenvalue weighted by Crippen LogP contribution is 2.32. The van der Waals surface area contributed by atoms with Gasteiger partial charge in [0.05, 0.1) is 22.8 Å². The molecule has 31 heavy (non-hydrogen) atoms. The Balaban J connectivity index is 1.71. The Morgan fingerprint density at radius 1 is 1.23 bits per heavy atom. The number of nitrogens with zero attached hydrogens (tertiary/aromatic N) is 4. The van der Waals surface area contributed by atoms with Crippen LogP contribution < -0.4 is 15.0 Å². The number of hydrogen-bond acceptors (Lipinski definition) is 5. The molecule has 2 aromatic heterocycles. The Bertz CT molecular complexity index is 1120. The van der Waals surface area contributed by atoms with Crippen LogP contribution in [0.1, 0.15) is 24.7 Å². The van der Waals surface area contributed by atoms with Crippen molar-refractivity contribution >= 4 is 17.2 Å². The number of carbonyl (C=O) groups excluding carboxylic acids is 1. The molecule has 0 radical (unpaired) electrons. The highest BCUT2D eigenvalue weighted by Gasteiger charge is 2.31. The van der Waals surface area contributed by atoms with Crippen LogP contribution in [-0.4, -0.2) is 46.0 Å². The molecule has 0 spiro atoms. The van der Waals surface area contributed by atoms with Gasteiger partial charge in [-0.2, -0.15) is 5.10 Å². The van der Waals surface area contributed by atoms with E-state index in [0.29, 0.717) is 29.1 Å². The fourth-order valence-corrected chi connectivity index (χ4v) is 3.99. The van der Waals surface area contributed by atoms with Crippen LogP contribution in [0.2, 0.25) is 0 Å². The maximum absolute atomic E-state index is 12.4. The van der Waals surface area contributed by atoms with E-state index in [9.17, 15) is 18.0 Å². The van der Waals surface area contributed by atoms with Gasteiger partial charge in [0, 0.05) is 31.6 Å². The van der Waals surface area contributed by atoms with Crippen molar-refractivity contribution in [1.29, 1.82) is 0 Å². The summed E-state index contributed by atoms with van der Waals surface area (Å²) in [7, 11) is 0. The second-order valence-corrected chi connectivity index (χ2v) is 7.66. The lowest BCUT2D eigenvalue weighted by molar-refractivity contribution is -0.274. The van der Waals surface area contributed by atoms with Crippen molar-refractivity contribution in [3.8, 4) is 17.0 Å².